The van der Waals surface area contributed by atoms with Crippen LogP contribution in [0, 0.1) is 5.92 Å². The van der Waals surface area contributed by atoms with Crippen LogP contribution in [0.2, 0.25) is 5.02 Å². The van der Waals surface area contributed by atoms with Gasteiger partial charge in [-0.1, -0.05) is 17.7 Å². The molecule has 0 fully saturated rings. The second-order valence-electron chi connectivity index (χ2n) is 5.88. The molecule has 1 aliphatic rings. The number of carbonyl (C=O) groups excluding carboxylic acids is 2. The molecule has 2 aromatic rings. The van der Waals surface area contributed by atoms with Crippen LogP contribution >= 0.6 is 22.9 Å². The number of halogens is 1. The van der Waals surface area contributed by atoms with Gasteiger partial charge < -0.3 is 14.8 Å². The summed E-state index contributed by atoms with van der Waals surface area (Å²) in [5, 5.41) is 5.35. The molecule has 1 aromatic carbocycles. The van der Waals surface area contributed by atoms with Crippen LogP contribution in [0.4, 0.5) is 0 Å². The summed E-state index contributed by atoms with van der Waals surface area (Å²) in [6, 6.07) is 9.08. The van der Waals surface area contributed by atoms with E-state index in [1.165, 1.54) is 0 Å². The Balaban J connectivity index is 1.49. The number of esters is 1. The Bertz CT molecular complexity index is 762. The number of rotatable bonds is 5. The van der Waals surface area contributed by atoms with Crippen molar-refractivity contribution < 1.29 is 19.1 Å². The maximum absolute atomic E-state index is 12.2. The van der Waals surface area contributed by atoms with Crippen LogP contribution in [0.25, 0.3) is 0 Å². The lowest BCUT2D eigenvalue weighted by molar-refractivity contribution is -0.154. The Morgan fingerprint density at radius 2 is 2.28 bits per heavy atom. The van der Waals surface area contributed by atoms with Crippen molar-refractivity contribution in [2.45, 2.75) is 19.4 Å². The van der Waals surface area contributed by atoms with Crippen LogP contribution in [0.5, 0.6) is 5.75 Å². The highest BCUT2D eigenvalue weighted by molar-refractivity contribution is 7.10. The van der Waals surface area contributed by atoms with Crippen molar-refractivity contribution in [1.29, 1.82) is 0 Å². The smallest absolute Gasteiger partial charge is 0.313 e. The van der Waals surface area contributed by atoms with E-state index >= 15 is 0 Å². The molecule has 2 atom stereocenters. The van der Waals surface area contributed by atoms with Gasteiger partial charge in [0, 0.05) is 9.90 Å². The van der Waals surface area contributed by atoms with Gasteiger partial charge >= 0.3 is 5.97 Å². The van der Waals surface area contributed by atoms with Gasteiger partial charge in [-0.05, 0) is 48.6 Å². The predicted molar refractivity (Wildman–Crippen MR) is 96.0 cm³/mol. The number of nitrogens with one attached hydrogen (secondary N) is 1. The number of hydrogen-bond donors (Lipinski definition) is 1. The molecule has 2 heterocycles. The first-order valence-electron chi connectivity index (χ1n) is 7.93. The summed E-state index contributed by atoms with van der Waals surface area (Å²) in [6.45, 7) is 1.83. The van der Waals surface area contributed by atoms with Crippen LogP contribution in [0.3, 0.4) is 0 Å². The third-order valence-corrected chi connectivity index (χ3v) is 5.25. The van der Waals surface area contributed by atoms with Gasteiger partial charge in [-0.3, -0.25) is 9.59 Å². The van der Waals surface area contributed by atoms with Crippen molar-refractivity contribution in [3.8, 4) is 5.75 Å². The first-order chi connectivity index (χ1) is 12.0. The Morgan fingerprint density at radius 1 is 1.44 bits per heavy atom. The van der Waals surface area contributed by atoms with Crippen molar-refractivity contribution >= 4 is 34.8 Å². The van der Waals surface area contributed by atoms with Crippen molar-refractivity contribution in [3.63, 3.8) is 0 Å². The molecular formula is C18H18ClNO4S. The largest absolute Gasteiger partial charge is 0.492 e. The Kier molecular flexibility index (Phi) is 5.60. The van der Waals surface area contributed by atoms with E-state index in [1.54, 1.807) is 29.5 Å². The molecule has 7 heteroatoms. The SMILES string of the molecule is C[C@H](NC(=O)COC(=O)[C@@H]1COc2ccc(Cl)cc2C1)c1cccs1. The summed E-state index contributed by atoms with van der Waals surface area (Å²) >= 11 is 7.54. The zero-order valence-corrected chi connectivity index (χ0v) is 15.2. The highest BCUT2D eigenvalue weighted by Crippen LogP contribution is 2.30. The second kappa shape index (κ2) is 7.89. The number of ether oxygens (including phenoxy) is 2. The fraction of sp³-hybridized carbons (Fsp3) is 0.333. The number of fused-ring (bicyclic) bond motifs is 1. The topological polar surface area (TPSA) is 64.6 Å². The van der Waals surface area contributed by atoms with E-state index in [9.17, 15) is 9.59 Å². The molecule has 1 aromatic heterocycles. The lowest BCUT2D eigenvalue weighted by atomic mass is 9.97. The standard InChI is InChI=1S/C18H18ClNO4S/c1-11(16-3-2-6-25-16)20-17(21)10-24-18(22)13-7-12-8-14(19)4-5-15(12)23-9-13/h2-6,8,11,13H,7,9-10H2,1H3,(H,20,21)/t11-,13-/m0/s1. The first kappa shape index (κ1) is 17.8. The molecule has 25 heavy (non-hydrogen) atoms. The van der Waals surface area contributed by atoms with Gasteiger partial charge in [0.15, 0.2) is 6.61 Å². The summed E-state index contributed by atoms with van der Waals surface area (Å²) < 4.78 is 10.7. The molecule has 0 saturated heterocycles. The monoisotopic (exact) mass is 379 g/mol. The van der Waals surface area contributed by atoms with Crippen LogP contribution in [0.15, 0.2) is 35.7 Å². The third kappa shape index (κ3) is 4.52. The van der Waals surface area contributed by atoms with Crippen LogP contribution < -0.4 is 10.1 Å². The average Bonchev–Trinajstić information content (AvgIpc) is 3.13. The van der Waals surface area contributed by atoms with Gasteiger partial charge in [-0.2, -0.15) is 0 Å². The number of amides is 1. The lowest BCUT2D eigenvalue weighted by Gasteiger charge is -2.24. The van der Waals surface area contributed by atoms with Gasteiger partial charge in [0.1, 0.15) is 12.4 Å². The number of hydrogen-bond acceptors (Lipinski definition) is 5. The molecule has 0 unspecified atom stereocenters. The van der Waals surface area contributed by atoms with E-state index < -0.39 is 11.9 Å². The van der Waals surface area contributed by atoms with Crippen LogP contribution in [-0.2, 0) is 20.7 Å². The van der Waals surface area contributed by atoms with Gasteiger partial charge in [0.2, 0.25) is 0 Å². The van der Waals surface area contributed by atoms with E-state index in [0.29, 0.717) is 11.4 Å². The van der Waals surface area contributed by atoms with E-state index in [0.717, 1.165) is 16.2 Å². The quantitative estimate of drug-likeness (QED) is 0.809. The minimum Gasteiger partial charge on any atom is -0.492 e. The van der Waals surface area contributed by atoms with E-state index in [-0.39, 0.29) is 25.2 Å². The number of carbonyl (C=O) groups is 2. The minimum absolute atomic E-state index is 0.113. The van der Waals surface area contributed by atoms with Gasteiger partial charge in [0.25, 0.3) is 5.91 Å². The fourth-order valence-corrected chi connectivity index (χ4v) is 3.59. The maximum Gasteiger partial charge on any atom is 0.313 e. The normalized spacial score (nSPS) is 17.1. The highest BCUT2D eigenvalue weighted by Gasteiger charge is 2.28. The van der Waals surface area contributed by atoms with Crippen molar-refractivity contribution in [2.75, 3.05) is 13.2 Å². The van der Waals surface area contributed by atoms with Gasteiger partial charge in [-0.15, -0.1) is 11.3 Å². The second-order valence-corrected chi connectivity index (χ2v) is 7.29. The zero-order valence-electron chi connectivity index (χ0n) is 13.7. The van der Waals surface area contributed by atoms with Crippen molar-refractivity contribution in [1.82, 2.24) is 5.32 Å². The summed E-state index contributed by atoms with van der Waals surface area (Å²) in [7, 11) is 0. The molecule has 5 nitrogen and oxygen atoms in total. The van der Waals surface area contributed by atoms with Crippen molar-refractivity contribution in [2.24, 2.45) is 5.92 Å². The fourth-order valence-electron chi connectivity index (χ4n) is 2.66. The molecule has 1 aliphatic heterocycles. The van der Waals surface area contributed by atoms with Gasteiger partial charge in [-0.25, -0.2) is 0 Å². The molecule has 0 spiro atoms. The van der Waals surface area contributed by atoms with Crippen molar-refractivity contribution in [3.05, 3.63) is 51.2 Å². The molecule has 1 amide bonds. The summed E-state index contributed by atoms with van der Waals surface area (Å²) in [6.07, 6.45) is 0.488. The van der Waals surface area contributed by atoms with E-state index in [1.807, 2.05) is 24.4 Å². The minimum atomic E-state index is -0.440. The summed E-state index contributed by atoms with van der Waals surface area (Å²) in [5.74, 6) is -0.469. The average molecular weight is 380 g/mol. The zero-order chi connectivity index (χ0) is 17.8. The molecule has 0 saturated carbocycles. The Hall–Kier alpha value is -2.05. The molecule has 1 N–H and O–H groups in total. The van der Waals surface area contributed by atoms with Crippen LogP contribution in [0.1, 0.15) is 23.4 Å². The lowest BCUT2D eigenvalue weighted by Crippen LogP contribution is -2.34. The Morgan fingerprint density at radius 3 is 3.04 bits per heavy atom. The summed E-state index contributed by atoms with van der Waals surface area (Å²) in [4.78, 5) is 25.2. The molecule has 0 bridgehead atoms. The predicted octanol–water partition coefficient (Wildman–Crippen LogP) is 3.37. The molecule has 3 rings (SSSR count). The molecule has 0 radical (unpaired) electrons. The van der Waals surface area contributed by atoms with Gasteiger partial charge in [0.05, 0.1) is 12.0 Å². The molecular weight excluding hydrogens is 362 g/mol. The van der Waals surface area contributed by atoms with E-state index in [2.05, 4.69) is 5.32 Å². The molecule has 0 aliphatic carbocycles. The van der Waals surface area contributed by atoms with E-state index in [4.69, 9.17) is 21.1 Å². The highest BCUT2D eigenvalue weighted by atomic mass is 35.5. The first-order valence-corrected chi connectivity index (χ1v) is 9.19. The molecule has 132 valence electrons. The number of thiophene rings is 1. The maximum atomic E-state index is 12.2. The Labute approximate surface area is 154 Å². The van der Waals surface area contributed by atoms with Crippen LogP contribution in [-0.4, -0.2) is 25.1 Å². The summed E-state index contributed by atoms with van der Waals surface area (Å²) in [5.41, 5.74) is 0.872. The third-order valence-electron chi connectivity index (χ3n) is 3.96. The number of benzene rings is 1.